The number of esters is 1. The predicted octanol–water partition coefficient (Wildman–Crippen LogP) is 5.69. The highest BCUT2D eigenvalue weighted by Gasteiger charge is 2.47. The Hall–Kier alpha value is -1.39. The van der Waals surface area contributed by atoms with Gasteiger partial charge in [-0.25, -0.2) is 14.6 Å². The van der Waals surface area contributed by atoms with E-state index in [1.54, 1.807) is 6.08 Å². The molecule has 1 saturated heterocycles. The van der Waals surface area contributed by atoms with Gasteiger partial charge in [-0.3, -0.25) is 0 Å². The third-order valence-corrected chi connectivity index (χ3v) is 5.16. The molecule has 3 atom stereocenters. The zero-order chi connectivity index (χ0) is 19.6. The second-order valence-electron chi connectivity index (χ2n) is 7.24. The van der Waals surface area contributed by atoms with Gasteiger partial charge in [0.05, 0.1) is 7.11 Å². The van der Waals surface area contributed by atoms with Gasteiger partial charge in [-0.05, 0) is 51.0 Å². The molecule has 148 valence electrons. The van der Waals surface area contributed by atoms with Crippen LogP contribution in [0.4, 0.5) is 0 Å². The Balaban J connectivity index is 2.93. The standard InChI is InChI=1S/C22H36O4/c1-7-11-12-19(8-2)15-18(5)16-22(10-4)17-21(9-3,25-26-22)14-13-20(23)24-6/h11-14,16,19H,7-10,15,17H2,1-6H3/b12-11+,14-13+,18-16+/t19-,21?,22?/m0/s1. The van der Waals surface area contributed by atoms with Gasteiger partial charge in [-0.1, -0.05) is 51.5 Å². The fourth-order valence-electron chi connectivity index (χ4n) is 3.37. The number of methoxy groups -OCH3 is 1. The average Bonchev–Trinajstić information content (AvgIpc) is 3.02. The summed E-state index contributed by atoms with van der Waals surface area (Å²) in [6, 6.07) is 0. The molecule has 0 aromatic heterocycles. The Labute approximate surface area is 159 Å². The first-order valence-corrected chi connectivity index (χ1v) is 9.87. The number of allylic oxidation sites excluding steroid dienone is 3. The van der Waals surface area contributed by atoms with Gasteiger partial charge < -0.3 is 4.74 Å². The molecule has 2 unspecified atom stereocenters. The van der Waals surface area contributed by atoms with Crippen molar-refractivity contribution in [3.63, 3.8) is 0 Å². The molecule has 1 rings (SSSR count). The van der Waals surface area contributed by atoms with Gasteiger partial charge in [0.25, 0.3) is 0 Å². The van der Waals surface area contributed by atoms with Crippen LogP contribution < -0.4 is 0 Å². The molecule has 0 bridgehead atoms. The van der Waals surface area contributed by atoms with Gasteiger partial charge in [0.15, 0.2) is 0 Å². The van der Waals surface area contributed by atoms with E-state index < -0.39 is 11.2 Å². The number of rotatable bonds is 10. The van der Waals surface area contributed by atoms with Crippen LogP contribution >= 0.6 is 0 Å². The minimum Gasteiger partial charge on any atom is -0.466 e. The second-order valence-corrected chi connectivity index (χ2v) is 7.24. The van der Waals surface area contributed by atoms with E-state index in [2.05, 4.69) is 45.9 Å². The summed E-state index contributed by atoms with van der Waals surface area (Å²) in [7, 11) is 1.37. The first-order chi connectivity index (χ1) is 12.4. The molecule has 4 heteroatoms. The highest BCUT2D eigenvalue weighted by molar-refractivity contribution is 5.81. The Morgan fingerprint density at radius 3 is 2.35 bits per heavy atom. The SMILES string of the molecule is CC/C=C/[C@H](CC)C/C(C)=C/C1(CC)CC(/C=C/C(=O)OC)(CC)OO1. The molecule has 1 aliphatic rings. The Morgan fingerprint density at radius 2 is 1.81 bits per heavy atom. The minimum absolute atomic E-state index is 0.379. The van der Waals surface area contributed by atoms with Crippen LogP contribution in [0.5, 0.6) is 0 Å². The van der Waals surface area contributed by atoms with Crippen LogP contribution in [0, 0.1) is 5.92 Å². The van der Waals surface area contributed by atoms with E-state index in [0.717, 1.165) is 32.1 Å². The zero-order valence-electron chi connectivity index (χ0n) is 17.3. The molecular formula is C22H36O4. The second kappa shape index (κ2) is 10.7. The largest absolute Gasteiger partial charge is 0.466 e. The van der Waals surface area contributed by atoms with Crippen LogP contribution in [0.1, 0.15) is 73.1 Å². The van der Waals surface area contributed by atoms with E-state index in [4.69, 9.17) is 14.5 Å². The topological polar surface area (TPSA) is 44.8 Å². The van der Waals surface area contributed by atoms with Crippen molar-refractivity contribution in [3.8, 4) is 0 Å². The quantitative estimate of drug-likeness (QED) is 0.216. The van der Waals surface area contributed by atoms with Crippen molar-refractivity contribution >= 4 is 5.97 Å². The van der Waals surface area contributed by atoms with Crippen molar-refractivity contribution in [2.75, 3.05) is 7.11 Å². The zero-order valence-corrected chi connectivity index (χ0v) is 17.3. The summed E-state index contributed by atoms with van der Waals surface area (Å²) < 4.78 is 4.69. The lowest BCUT2D eigenvalue weighted by Gasteiger charge is -2.24. The van der Waals surface area contributed by atoms with Gasteiger partial charge in [-0.15, -0.1) is 0 Å². The molecule has 4 nitrogen and oxygen atoms in total. The van der Waals surface area contributed by atoms with Crippen molar-refractivity contribution in [1.82, 2.24) is 0 Å². The summed E-state index contributed by atoms with van der Waals surface area (Å²) in [6.45, 7) is 10.7. The van der Waals surface area contributed by atoms with Gasteiger partial charge in [0.1, 0.15) is 11.2 Å². The van der Waals surface area contributed by atoms with Crippen molar-refractivity contribution in [3.05, 3.63) is 36.0 Å². The van der Waals surface area contributed by atoms with E-state index in [1.807, 2.05) is 6.92 Å². The maximum Gasteiger partial charge on any atom is 0.330 e. The van der Waals surface area contributed by atoms with Crippen LogP contribution in [-0.2, 0) is 19.3 Å². The summed E-state index contributed by atoms with van der Waals surface area (Å²) in [6.07, 6.45) is 15.4. The molecule has 0 radical (unpaired) electrons. The highest BCUT2D eigenvalue weighted by atomic mass is 17.2. The van der Waals surface area contributed by atoms with Gasteiger partial charge >= 0.3 is 5.97 Å². The van der Waals surface area contributed by atoms with E-state index in [0.29, 0.717) is 12.3 Å². The lowest BCUT2D eigenvalue weighted by molar-refractivity contribution is -0.333. The van der Waals surface area contributed by atoms with Crippen LogP contribution in [0.15, 0.2) is 36.0 Å². The number of carbonyl (C=O) groups excluding carboxylic acids is 1. The van der Waals surface area contributed by atoms with Gasteiger partial charge in [0.2, 0.25) is 0 Å². The molecule has 1 aliphatic heterocycles. The van der Waals surface area contributed by atoms with Crippen molar-refractivity contribution in [2.45, 2.75) is 84.3 Å². The summed E-state index contributed by atoms with van der Waals surface area (Å²) in [5.41, 5.74) is 0.271. The fraction of sp³-hybridized carbons (Fsp3) is 0.682. The molecule has 0 aromatic carbocycles. The first kappa shape index (κ1) is 22.7. The lowest BCUT2D eigenvalue weighted by Crippen LogP contribution is -2.30. The molecule has 26 heavy (non-hydrogen) atoms. The predicted molar refractivity (Wildman–Crippen MR) is 106 cm³/mol. The molecule has 0 saturated carbocycles. The number of hydrogen-bond donors (Lipinski definition) is 0. The lowest BCUT2D eigenvalue weighted by atomic mass is 9.82. The van der Waals surface area contributed by atoms with Crippen LogP contribution in [0.2, 0.25) is 0 Å². The highest BCUT2D eigenvalue weighted by Crippen LogP contribution is 2.43. The summed E-state index contributed by atoms with van der Waals surface area (Å²) >= 11 is 0. The smallest absolute Gasteiger partial charge is 0.330 e. The average molecular weight is 365 g/mol. The maximum atomic E-state index is 11.5. The molecule has 0 spiro atoms. The summed E-state index contributed by atoms with van der Waals surface area (Å²) in [4.78, 5) is 23.0. The molecule has 1 heterocycles. The van der Waals surface area contributed by atoms with Crippen molar-refractivity contribution < 1.29 is 19.3 Å². The minimum atomic E-state index is -0.590. The summed E-state index contributed by atoms with van der Waals surface area (Å²) in [5.74, 6) is 0.174. The summed E-state index contributed by atoms with van der Waals surface area (Å²) in [5, 5.41) is 0. The molecular weight excluding hydrogens is 328 g/mol. The van der Waals surface area contributed by atoms with E-state index in [1.165, 1.54) is 18.8 Å². The number of carbonyl (C=O) groups is 1. The third-order valence-electron chi connectivity index (χ3n) is 5.16. The number of ether oxygens (including phenoxy) is 1. The Bertz CT molecular complexity index is 534. The van der Waals surface area contributed by atoms with E-state index in [9.17, 15) is 4.79 Å². The Kier molecular flexibility index (Phi) is 9.31. The number of hydrogen-bond acceptors (Lipinski definition) is 4. The van der Waals surface area contributed by atoms with Gasteiger partial charge in [0, 0.05) is 12.5 Å². The fourth-order valence-corrected chi connectivity index (χ4v) is 3.37. The Morgan fingerprint density at radius 1 is 1.15 bits per heavy atom. The normalized spacial score (nSPS) is 28.2. The maximum absolute atomic E-state index is 11.5. The molecule has 0 N–H and O–H groups in total. The third kappa shape index (κ3) is 6.40. The first-order valence-electron chi connectivity index (χ1n) is 9.87. The molecule has 0 aromatic rings. The van der Waals surface area contributed by atoms with Crippen LogP contribution in [-0.4, -0.2) is 24.3 Å². The van der Waals surface area contributed by atoms with E-state index in [-0.39, 0.29) is 5.97 Å². The monoisotopic (exact) mass is 364 g/mol. The van der Waals surface area contributed by atoms with Crippen LogP contribution in [0.3, 0.4) is 0 Å². The van der Waals surface area contributed by atoms with Gasteiger partial charge in [-0.2, -0.15) is 0 Å². The van der Waals surface area contributed by atoms with Crippen molar-refractivity contribution in [2.24, 2.45) is 5.92 Å². The molecule has 0 amide bonds. The molecule has 1 fully saturated rings. The van der Waals surface area contributed by atoms with E-state index >= 15 is 0 Å². The van der Waals surface area contributed by atoms with Crippen LogP contribution in [0.25, 0.3) is 0 Å². The molecule has 0 aliphatic carbocycles. The van der Waals surface area contributed by atoms with Crippen molar-refractivity contribution in [1.29, 1.82) is 0 Å².